The zero-order valence-corrected chi connectivity index (χ0v) is 8.42. The maximum atomic E-state index is 9.21. The van der Waals surface area contributed by atoms with Crippen molar-refractivity contribution in [3.05, 3.63) is 29.8 Å². The lowest BCUT2D eigenvalue weighted by Crippen LogP contribution is -2.10. The molecule has 0 aromatic heterocycles. The number of aliphatic hydroxyl groups is 1. The van der Waals surface area contributed by atoms with Gasteiger partial charge in [-0.2, -0.15) is 0 Å². The maximum Gasteiger partial charge on any atom is 0.300 e. The number of phenols is 1. The van der Waals surface area contributed by atoms with Crippen molar-refractivity contribution in [2.75, 3.05) is 6.54 Å². The number of aromatic hydroxyl groups is 1. The number of aliphatic carboxylic acids is 1. The minimum absolute atomic E-state index is 0.193. The van der Waals surface area contributed by atoms with Crippen LogP contribution in [0.25, 0.3) is 0 Å². The molecule has 15 heavy (non-hydrogen) atoms. The van der Waals surface area contributed by atoms with Crippen molar-refractivity contribution in [3.8, 4) is 5.75 Å². The quantitative estimate of drug-likeness (QED) is 0.425. The van der Waals surface area contributed by atoms with Gasteiger partial charge in [0.1, 0.15) is 5.75 Å². The number of aliphatic hydroxyl groups excluding tert-OH is 1. The fourth-order valence-electron chi connectivity index (χ4n) is 0.833. The molecule has 5 nitrogen and oxygen atoms in total. The van der Waals surface area contributed by atoms with Gasteiger partial charge in [0.2, 0.25) is 0 Å². The summed E-state index contributed by atoms with van der Waals surface area (Å²) in [5.41, 5.74) is 5.96. The number of hydrogen-bond donors (Lipinski definition) is 4. The van der Waals surface area contributed by atoms with E-state index in [9.17, 15) is 5.11 Å². The van der Waals surface area contributed by atoms with Crippen LogP contribution >= 0.6 is 0 Å². The topological polar surface area (TPSA) is 104 Å². The van der Waals surface area contributed by atoms with Gasteiger partial charge in [-0.25, -0.2) is 0 Å². The van der Waals surface area contributed by atoms with Crippen LogP contribution in [0.3, 0.4) is 0 Å². The third kappa shape index (κ3) is 6.48. The molecular weight excluding hydrogens is 201 g/mol. The monoisotopic (exact) mass is 216 g/mol. The Balaban J connectivity index is 0.000000423. The molecule has 1 unspecified atom stereocenters. The molecule has 0 bridgehead atoms. The molecule has 0 spiro atoms. The molecule has 0 aliphatic rings. The number of carboxylic acid groups (broad SMARTS) is 1. The third-order valence-corrected chi connectivity index (χ3v) is 1.50. The molecule has 84 valence electrons. The minimum Gasteiger partial charge on any atom is -0.508 e. The van der Waals surface area contributed by atoms with Crippen molar-refractivity contribution < 1.29 is 20.1 Å². The molecule has 0 saturated heterocycles. The second-order valence-corrected chi connectivity index (χ2v) is 2.86. The van der Waals surface area contributed by atoms with Crippen molar-refractivity contribution in [1.82, 2.24) is 0 Å². The number of carbonyl (C=O) groups is 1. The van der Waals surface area contributed by atoms with E-state index in [0.717, 1.165) is 12.5 Å². The predicted octanol–water partition coefficient (Wildman–Crippen LogP) is 0.475. The number of rotatable bonds is 2. The van der Waals surface area contributed by atoms with Crippen molar-refractivity contribution in [2.24, 2.45) is 5.73 Å². The van der Waals surface area contributed by atoms with Gasteiger partial charge in [0.25, 0.3) is 5.97 Å². The molecule has 0 aliphatic heterocycles. The van der Waals surface area contributed by atoms with Gasteiger partial charge in [-0.1, -0.05) is 12.1 Å². The van der Waals surface area contributed by atoms with E-state index in [2.05, 4.69) is 0 Å². The lowest BCUT2D eigenvalue weighted by molar-refractivity contribution is -0.134. The Morgan fingerprint density at radius 3 is 2.13 bits per heavy atom. The summed E-state index contributed by atoms with van der Waals surface area (Å²) in [5, 5.41) is 25.5. The predicted molar refractivity (Wildman–Crippen MR) is 55.4 cm³/mol. The first-order valence-electron chi connectivity index (χ1n) is 4.34. The van der Waals surface area contributed by atoms with E-state index in [1.165, 1.54) is 12.1 Å². The smallest absolute Gasteiger partial charge is 0.300 e. The van der Waals surface area contributed by atoms with Crippen LogP contribution in [0.2, 0.25) is 0 Å². The molecule has 0 amide bonds. The highest BCUT2D eigenvalue weighted by Crippen LogP contribution is 2.15. The largest absolute Gasteiger partial charge is 0.508 e. The lowest BCUT2D eigenvalue weighted by Gasteiger charge is -2.06. The van der Waals surface area contributed by atoms with Gasteiger partial charge in [-0.15, -0.1) is 0 Å². The van der Waals surface area contributed by atoms with Gasteiger partial charge < -0.3 is 21.1 Å². The van der Waals surface area contributed by atoms with Crippen molar-refractivity contribution in [2.45, 2.75) is 13.0 Å². The van der Waals surface area contributed by atoms with Gasteiger partial charge in [0, 0.05) is 13.5 Å². The minimum atomic E-state index is -0.833. The van der Waals surface area contributed by atoms with Crippen molar-refractivity contribution in [3.63, 3.8) is 0 Å². The van der Waals surface area contributed by atoms with Crippen LogP contribution in [0.15, 0.2) is 24.3 Å². The van der Waals surface area contributed by atoms with Gasteiger partial charge >= 0.3 is 0 Å². The SMILES string of the molecule is CC(=O)O.[15NH2][13CH2][13CH](O)c1ccc(O)cc1. The molecule has 5 heteroatoms. The standard InChI is InChI=1S/C8H11NO2.C2H4O2/c9-5-8(11)6-1-3-7(10)4-2-6;1-2(3)4/h1-4,8,10-11H,5,9H2;1H3,(H,3,4)/i5+1,8+1,9+1;. The summed E-state index contributed by atoms with van der Waals surface area (Å²) in [6, 6.07) is 6.34. The van der Waals surface area contributed by atoms with Gasteiger partial charge in [0.15, 0.2) is 0 Å². The average Bonchev–Trinajstić information content (AvgIpc) is 2.17. The highest BCUT2D eigenvalue weighted by Gasteiger charge is 2.02. The van der Waals surface area contributed by atoms with Crippen LogP contribution in [-0.2, 0) is 4.79 Å². The second-order valence-electron chi connectivity index (χ2n) is 2.86. The fraction of sp³-hybridized carbons (Fsp3) is 0.300. The van der Waals surface area contributed by atoms with E-state index in [1.54, 1.807) is 12.1 Å². The van der Waals surface area contributed by atoms with Gasteiger partial charge in [-0.05, 0) is 17.7 Å². The van der Waals surface area contributed by atoms with Crippen LogP contribution in [0.5, 0.6) is 5.75 Å². The summed E-state index contributed by atoms with van der Waals surface area (Å²) in [6.45, 7) is 1.28. The summed E-state index contributed by atoms with van der Waals surface area (Å²) < 4.78 is 0. The Hall–Kier alpha value is -1.59. The van der Waals surface area contributed by atoms with E-state index < -0.39 is 12.1 Å². The van der Waals surface area contributed by atoms with Crippen LogP contribution in [-0.4, -0.2) is 27.8 Å². The third-order valence-electron chi connectivity index (χ3n) is 1.50. The molecule has 5 N–H and O–H groups in total. The van der Waals surface area contributed by atoms with Crippen LogP contribution < -0.4 is 5.73 Å². The van der Waals surface area contributed by atoms with E-state index in [-0.39, 0.29) is 12.3 Å². The zero-order chi connectivity index (χ0) is 11.8. The average molecular weight is 216 g/mol. The van der Waals surface area contributed by atoms with E-state index in [4.69, 9.17) is 20.7 Å². The zero-order valence-electron chi connectivity index (χ0n) is 8.42. The van der Waals surface area contributed by atoms with Gasteiger partial charge in [-0.3, -0.25) is 4.79 Å². The Bertz CT molecular complexity index is 293. The summed E-state index contributed by atoms with van der Waals surface area (Å²) in [7, 11) is 0. The summed E-state index contributed by atoms with van der Waals surface area (Å²) in [4.78, 5) is 9.00. The Morgan fingerprint density at radius 2 is 1.80 bits per heavy atom. The molecule has 0 radical (unpaired) electrons. The Labute approximate surface area is 87.8 Å². The molecule has 0 saturated carbocycles. The normalized spacial score (nSPS) is 11.1. The van der Waals surface area contributed by atoms with E-state index in [0.29, 0.717) is 0 Å². The van der Waals surface area contributed by atoms with Crippen LogP contribution in [0.4, 0.5) is 0 Å². The fourth-order valence-corrected chi connectivity index (χ4v) is 0.833. The number of carboxylic acids is 1. The van der Waals surface area contributed by atoms with Crippen molar-refractivity contribution >= 4 is 5.97 Å². The van der Waals surface area contributed by atoms with Gasteiger partial charge in [0.05, 0.1) is 6.10 Å². The molecule has 1 atom stereocenters. The molecule has 0 aliphatic carbocycles. The molecule has 1 aromatic carbocycles. The number of nitrogens with two attached hydrogens (primary N) is 1. The summed E-state index contributed by atoms with van der Waals surface area (Å²) >= 11 is 0. The summed E-state index contributed by atoms with van der Waals surface area (Å²) in [6.07, 6.45) is -0.629. The van der Waals surface area contributed by atoms with Crippen LogP contribution in [0, 0.1) is 0 Å². The number of benzene rings is 1. The Morgan fingerprint density at radius 1 is 1.40 bits per heavy atom. The first kappa shape index (κ1) is 13.4. The van der Waals surface area contributed by atoms with E-state index in [1.807, 2.05) is 0 Å². The molecule has 1 rings (SSSR count). The first-order chi connectivity index (χ1) is 6.97. The highest BCUT2D eigenvalue weighted by atomic mass is 16.4. The molecule has 0 heterocycles. The molecule has 1 aromatic rings. The van der Waals surface area contributed by atoms with Crippen molar-refractivity contribution in [1.29, 1.82) is 0 Å². The first-order valence-corrected chi connectivity index (χ1v) is 4.34. The summed E-state index contributed by atoms with van der Waals surface area (Å²) in [5.74, 6) is -0.641. The second kappa shape index (κ2) is 6.80. The molecule has 0 fully saturated rings. The number of hydrogen-bond acceptors (Lipinski definition) is 4. The van der Waals surface area contributed by atoms with E-state index >= 15 is 0 Å². The Kier molecular flexibility index (Phi) is 6.08. The highest BCUT2D eigenvalue weighted by molar-refractivity contribution is 5.62. The lowest BCUT2D eigenvalue weighted by atomic mass is 10.3. The molecular formula is C10H15NO4. The maximum absolute atomic E-state index is 9.21. The number of phenolic OH excluding ortho intramolecular Hbond substituents is 1. The van der Waals surface area contributed by atoms with Crippen LogP contribution in [0.1, 0.15) is 18.6 Å².